The standard InChI is InChI=1S/C10H17N3/c1-10(2,3)8-5-7-13-9(12-8)4-6-11-13/h4,6,8,12H,5,7H2,1-3H3. The van der Waals surface area contributed by atoms with E-state index in [1.807, 2.05) is 16.9 Å². The number of hydrogen-bond donors (Lipinski definition) is 1. The molecule has 0 saturated heterocycles. The monoisotopic (exact) mass is 179 g/mol. The molecule has 0 saturated carbocycles. The van der Waals surface area contributed by atoms with E-state index in [1.165, 1.54) is 0 Å². The fourth-order valence-corrected chi connectivity index (χ4v) is 1.79. The molecule has 1 aliphatic rings. The number of aromatic nitrogens is 2. The van der Waals surface area contributed by atoms with Gasteiger partial charge in [-0.25, -0.2) is 4.68 Å². The third kappa shape index (κ3) is 1.55. The fraction of sp³-hybridized carbons (Fsp3) is 0.700. The minimum atomic E-state index is 0.329. The van der Waals surface area contributed by atoms with E-state index in [1.54, 1.807) is 0 Å². The van der Waals surface area contributed by atoms with Crippen molar-refractivity contribution in [2.75, 3.05) is 5.32 Å². The lowest BCUT2D eigenvalue weighted by molar-refractivity contribution is 0.297. The Balaban J connectivity index is 2.18. The SMILES string of the molecule is CC(C)(C)C1CCn2nccc2N1. The molecule has 3 nitrogen and oxygen atoms in total. The predicted molar refractivity (Wildman–Crippen MR) is 53.7 cm³/mol. The van der Waals surface area contributed by atoms with Crippen LogP contribution in [-0.4, -0.2) is 15.8 Å². The molecule has 1 unspecified atom stereocenters. The van der Waals surface area contributed by atoms with E-state index >= 15 is 0 Å². The number of aryl methyl sites for hydroxylation is 1. The van der Waals surface area contributed by atoms with Crippen molar-refractivity contribution in [3.8, 4) is 0 Å². The smallest absolute Gasteiger partial charge is 0.124 e. The Bertz CT molecular complexity index is 295. The Kier molecular flexibility index (Phi) is 1.82. The van der Waals surface area contributed by atoms with E-state index in [9.17, 15) is 0 Å². The Labute approximate surface area is 79.1 Å². The first-order chi connectivity index (χ1) is 6.07. The largest absolute Gasteiger partial charge is 0.367 e. The zero-order valence-electron chi connectivity index (χ0n) is 8.54. The number of hydrogen-bond acceptors (Lipinski definition) is 2. The summed E-state index contributed by atoms with van der Waals surface area (Å²) in [5.41, 5.74) is 0.329. The van der Waals surface area contributed by atoms with Gasteiger partial charge in [-0.15, -0.1) is 0 Å². The van der Waals surface area contributed by atoms with E-state index in [-0.39, 0.29) is 0 Å². The van der Waals surface area contributed by atoms with Crippen molar-refractivity contribution in [3.05, 3.63) is 12.3 Å². The molecule has 2 rings (SSSR count). The second-order valence-corrected chi connectivity index (χ2v) is 4.79. The summed E-state index contributed by atoms with van der Waals surface area (Å²) < 4.78 is 2.03. The minimum absolute atomic E-state index is 0.329. The van der Waals surface area contributed by atoms with Crippen LogP contribution in [0.15, 0.2) is 12.3 Å². The molecule has 1 aromatic rings. The first-order valence-electron chi connectivity index (χ1n) is 4.86. The summed E-state index contributed by atoms with van der Waals surface area (Å²) in [6.07, 6.45) is 3.02. The van der Waals surface area contributed by atoms with Crippen LogP contribution >= 0.6 is 0 Å². The third-order valence-corrected chi connectivity index (χ3v) is 2.71. The normalized spacial score (nSPS) is 22.2. The van der Waals surface area contributed by atoms with Crippen LogP contribution in [-0.2, 0) is 6.54 Å². The van der Waals surface area contributed by atoms with Gasteiger partial charge in [0.15, 0.2) is 0 Å². The van der Waals surface area contributed by atoms with Gasteiger partial charge >= 0.3 is 0 Å². The van der Waals surface area contributed by atoms with Gasteiger partial charge in [0.1, 0.15) is 5.82 Å². The van der Waals surface area contributed by atoms with E-state index in [4.69, 9.17) is 0 Å². The van der Waals surface area contributed by atoms with Crippen molar-refractivity contribution in [2.24, 2.45) is 5.41 Å². The van der Waals surface area contributed by atoms with E-state index < -0.39 is 0 Å². The van der Waals surface area contributed by atoms with Gasteiger partial charge in [-0.1, -0.05) is 20.8 Å². The van der Waals surface area contributed by atoms with Crippen molar-refractivity contribution < 1.29 is 0 Å². The molecular formula is C10H17N3. The van der Waals surface area contributed by atoms with Crippen LogP contribution < -0.4 is 5.32 Å². The molecule has 1 atom stereocenters. The number of nitrogens with one attached hydrogen (secondary N) is 1. The molecule has 0 radical (unpaired) electrons. The second kappa shape index (κ2) is 2.76. The van der Waals surface area contributed by atoms with Crippen molar-refractivity contribution in [2.45, 2.75) is 39.8 Å². The lowest BCUT2D eigenvalue weighted by atomic mass is 9.84. The lowest BCUT2D eigenvalue weighted by Gasteiger charge is -2.35. The van der Waals surface area contributed by atoms with Crippen LogP contribution in [0.2, 0.25) is 0 Å². The second-order valence-electron chi connectivity index (χ2n) is 4.79. The molecular weight excluding hydrogens is 162 g/mol. The summed E-state index contributed by atoms with van der Waals surface area (Å²) in [5, 5.41) is 7.74. The minimum Gasteiger partial charge on any atom is -0.367 e. The van der Waals surface area contributed by atoms with Gasteiger partial charge in [-0.2, -0.15) is 5.10 Å². The highest BCUT2D eigenvalue weighted by Gasteiger charge is 2.28. The molecule has 2 heterocycles. The maximum Gasteiger partial charge on any atom is 0.124 e. The topological polar surface area (TPSA) is 29.9 Å². The van der Waals surface area contributed by atoms with Crippen molar-refractivity contribution in [3.63, 3.8) is 0 Å². The fourth-order valence-electron chi connectivity index (χ4n) is 1.79. The number of rotatable bonds is 0. The van der Waals surface area contributed by atoms with Crippen LogP contribution in [0.25, 0.3) is 0 Å². The van der Waals surface area contributed by atoms with E-state index in [0.717, 1.165) is 18.8 Å². The molecule has 1 aromatic heterocycles. The summed E-state index contributed by atoms with van der Waals surface area (Å²) in [5.74, 6) is 1.16. The first kappa shape index (κ1) is 8.60. The molecule has 0 fully saturated rings. The summed E-state index contributed by atoms with van der Waals surface area (Å²) >= 11 is 0. The predicted octanol–water partition coefficient (Wildman–Crippen LogP) is 2.11. The Morgan fingerprint density at radius 2 is 2.31 bits per heavy atom. The van der Waals surface area contributed by atoms with Crippen LogP contribution in [0.3, 0.4) is 0 Å². The molecule has 0 aliphatic carbocycles. The highest BCUT2D eigenvalue weighted by atomic mass is 15.3. The summed E-state index contributed by atoms with van der Waals surface area (Å²) in [6, 6.07) is 2.61. The molecule has 0 spiro atoms. The van der Waals surface area contributed by atoms with Gasteiger partial charge in [-0.3, -0.25) is 0 Å². The van der Waals surface area contributed by atoms with E-state index in [0.29, 0.717) is 11.5 Å². The Morgan fingerprint density at radius 3 is 3.00 bits per heavy atom. The highest BCUT2D eigenvalue weighted by molar-refractivity contribution is 5.37. The Morgan fingerprint density at radius 1 is 1.54 bits per heavy atom. The molecule has 0 bridgehead atoms. The molecule has 13 heavy (non-hydrogen) atoms. The summed E-state index contributed by atoms with van der Waals surface area (Å²) in [7, 11) is 0. The van der Waals surface area contributed by atoms with Crippen LogP contribution in [0.4, 0.5) is 5.82 Å². The number of nitrogens with zero attached hydrogens (tertiary/aromatic N) is 2. The molecule has 72 valence electrons. The molecule has 1 N–H and O–H groups in total. The number of anilines is 1. The van der Waals surface area contributed by atoms with Gasteiger partial charge in [0, 0.05) is 18.7 Å². The van der Waals surface area contributed by atoms with Crippen LogP contribution in [0.1, 0.15) is 27.2 Å². The van der Waals surface area contributed by atoms with Crippen molar-refractivity contribution in [1.82, 2.24) is 9.78 Å². The van der Waals surface area contributed by atoms with Gasteiger partial charge in [0.05, 0.1) is 6.20 Å². The van der Waals surface area contributed by atoms with E-state index in [2.05, 4.69) is 31.2 Å². The van der Waals surface area contributed by atoms with Gasteiger partial charge in [-0.05, 0) is 11.8 Å². The van der Waals surface area contributed by atoms with Crippen LogP contribution in [0, 0.1) is 5.41 Å². The molecule has 3 heteroatoms. The summed E-state index contributed by atoms with van der Waals surface area (Å²) in [4.78, 5) is 0. The first-order valence-corrected chi connectivity index (χ1v) is 4.86. The zero-order chi connectivity index (χ0) is 9.47. The van der Waals surface area contributed by atoms with Crippen molar-refractivity contribution >= 4 is 5.82 Å². The van der Waals surface area contributed by atoms with Crippen molar-refractivity contribution in [1.29, 1.82) is 0 Å². The average Bonchev–Trinajstić information content (AvgIpc) is 2.47. The average molecular weight is 179 g/mol. The highest BCUT2D eigenvalue weighted by Crippen LogP contribution is 2.29. The van der Waals surface area contributed by atoms with Gasteiger partial charge in [0.2, 0.25) is 0 Å². The molecule has 0 aromatic carbocycles. The van der Waals surface area contributed by atoms with Crippen LogP contribution in [0.5, 0.6) is 0 Å². The molecule has 1 aliphatic heterocycles. The van der Waals surface area contributed by atoms with Gasteiger partial charge in [0.25, 0.3) is 0 Å². The lowest BCUT2D eigenvalue weighted by Crippen LogP contribution is -2.38. The maximum absolute atomic E-state index is 4.23. The third-order valence-electron chi connectivity index (χ3n) is 2.71. The number of fused-ring (bicyclic) bond motifs is 1. The zero-order valence-corrected chi connectivity index (χ0v) is 8.54. The van der Waals surface area contributed by atoms with Gasteiger partial charge < -0.3 is 5.32 Å². The quantitative estimate of drug-likeness (QED) is 0.661. The maximum atomic E-state index is 4.23. The summed E-state index contributed by atoms with van der Waals surface area (Å²) in [6.45, 7) is 7.86. The molecule has 0 amide bonds. The Hall–Kier alpha value is -0.990.